The van der Waals surface area contributed by atoms with Crippen molar-refractivity contribution in [2.45, 2.75) is 6.54 Å². The molecule has 5 nitrogen and oxygen atoms in total. The molecule has 0 aliphatic carbocycles. The lowest BCUT2D eigenvalue weighted by Gasteiger charge is -2.12. The number of benzene rings is 1. The maximum Gasteiger partial charge on any atom is 0.269 e. The van der Waals surface area contributed by atoms with Crippen LogP contribution < -0.4 is 5.43 Å². The number of hydrogen-bond donors (Lipinski definition) is 1. The maximum absolute atomic E-state index is 10.5. The molecule has 1 N–H and O–H groups in total. The van der Waals surface area contributed by atoms with Gasteiger partial charge in [0.05, 0.1) is 4.92 Å². The molecule has 1 rings (SSSR count). The molecule has 0 unspecified atom stereocenters. The zero-order valence-corrected chi connectivity index (χ0v) is 9.28. The van der Waals surface area contributed by atoms with Crippen LogP contribution in [0.1, 0.15) is 5.56 Å². The van der Waals surface area contributed by atoms with E-state index in [-0.39, 0.29) is 5.69 Å². The van der Waals surface area contributed by atoms with E-state index in [2.05, 4.69) is 5.43 Å². The van der Waals surface area contributed by atoms with Crippen LogP contribution in [0.25, 0.3) is 0 Å². The first kappa shape index (κ1) is 11.9. The van der Waals surface area contributed by atoms with E-state index in [0.29, 0.717) is 17.1 Å². The predicted molar refractivity (Wildman–Crippen MR) is 58.6 cm³/mol. The summed E-state index contributed by atoms with van der Waals surface area (Å²) < 4.78 is 0. The fourth-order valence-electron chi connectivity index (χ4n) is 1.05. The summed E-state index contributed by atoms with van der Waals surface area (Å²) in [5, 5.41) is 12.8. The topological polar surface area (TPSA) is 58.4 Å². The molecule has 0 aliphatic heterocycles. The Morgan fingerprint density at radius 3 is 2.73 bits per heavy atom. The Morgan fingerprint density at radius 2 is 2.20 bits per heavy atom. The SMILES string of the molecule is CN(C)NCc1cc([N+](=O)[O-])ccc1Cl. The first-order valence-corrected chi connectivity index (χ1v) is 4.72. The molecule has 0 bridgehead atoms. The number of nitro groups is 1. The van der Waals surface area contributed by atoms with Gasteiger partial charge in [-0.15, -0.1) is 0 Å². The smallest absolute Gasteiger partial charge is 0.258 e. The van der Waals surface area contributed by atoms with Crippen molar-refractivity contribution in [1.29, 1.82) is 0 Å². The van der Waals surface area contributed by atoms with E-state index >= 15 is 0 Å². The molecule has 0 radical (unpaired) electrons. The second-order valence-corrected chi connectivity index (χ2v) is 3.67. The van der Waals surface area contributed by atoms with E-state index in [1.165, 1.54) is 18.2 Å². The van der Waals surface area contributed by atoms with Crippen LogP contribution in [-0.2, 0) is 6.54 Å². The van der Waals surface area contributed by atoms with E-state index in [0.717, 1.165) is 0 Å². The molecule has 0 aromatic heterocycles. The molecule has 0 saturated carbocycles. The van der Waals surface area contributed by atoms with E-state index < -0.39 is 4.92 Å². The largest absolute Gasteiger partial charge is 0.269 e. The van der Waals surface area contributed by atoms with E-state index in [1.54, 1.807) is 5.01 Å². The quantitative estimate of drug-likeness (QED) is 0.632. The Balaban J connectivity index is 2.85. The van der Waals surface area contributed by atoms with Crippen LogP contribution in [0.2, 0.25) is 5.02 Å². The van der Waals surface area contributed by atoms with Crippen LogP contribution in [-0.4, -0.2) is 24.0 Å². The summed E-state index contributed by atoms with van der Waals surface area (Å²) in [5.74, 6) is 0. The van der Waals surface area contributed by atoms with Crippen molar-refractivity contribution in [2.75, 3.05) is 14.1 Å². The van der Waals surface area contributed by atoms with Crippen molar-refractivity contribution in [3.63, 3.8) is 0 Å². The molecule has 6 heteroatoms. The predicted octanol–water partition coefficient (Wildman–Crippen LogP) is 1.81. The van der Waals surface area contributed by atoms with Gasteiger partial charge in [0.1, 0.15) is 0 Å². The van der Waals surface area contributed by atoms with E-state index in [1.807, 2.05) is 14.1 Å². The molecule has 1 aromatic carbocycles. The minimum atomic E-state index is -0.435. The average Bonchev–Trinajstić information content (AvgIpc) is 2.16. The highest BCUT2D eigenvalue weighted by Gasteiger charge is 2.09. The van der Waals surface area contributed by atoms with E-state index in [4.69, 9.17) is 11.6 Å². The summed E-state index contributed by atoms with van der Waals surface area (Å²) in [4.78, 5) is 10.1. The molecular weight excluding hydrogens is 218 g/mol. The Hall–Kier alpha value is -1.17. The fraction of sp³-hybridized carbons (Fsp3) is 0.333. The number of rotatable bonds is 4. The van der Waals surface area contributed by atoms with Crippen LogP contribution in [0.4, 0.5) is 5.69 Å². The second kappa shape index (κ2) is 5.06. The van der Waals surface area contributed by atoms with Gasteiger partial charge in [-0.05, 0) is 11.6 Å². The van der Waals surface area contributed by atoms with Gasteiger partial charge in [-0.2, -0.15) is 0 Å². The van der Waals surface area contributed by atoms with Crippen LogP contribution >= 0.6 is 11.6 Å². The molecule has 0 heterocycles. The van der Waals surface area contributed by atoms with Crippen LogP contribution in [0.15, 0.2) is 18.2 Å². The number of nitrogens with one attached hydrogen (secondary N) is 1. The molecule has 0 spiro atoms. The highest BCUT2D eigenvalue weighted by atomic mass is 35.5. The third kappa shape index (κ3) is 3.47. The van der Waals surface area contributed by atoms with Crippen molar-refractivity contribution >= 4 is 17.3 Å². The van der Waals surface area contributed by atoms with Crippen molar-refractivity contribution < 1.29 is 4.92 Å². The summed E-state index contributed by atoms with van der Waals surface area (Å²) >= 11 is 5.90. The minimum Gasteiger partial charge on any atom is -0.258 e. The molecule has 1 aromatic rings. The number of hydrogen-bond acceptors (Lipinski definition) is 4. The van der Waals surface area contributed by atoms with Crippen LogP contribution in [0, 0.1) is 10.1 Å². The van der Waals surface area contributed by atoms with Gasteiger partial charge in [0.2, 0.25) is 0 Å². The molecule has 82 valence electrons. The van der Waals surface area contributed by atoms with Gasteiger partial charge < -0.3 is 0 Å². The third-order valence-electron chi connectivity index (χ3n) is 1.83. The lowest BCUT2D eigenvalue weighted by atomic mass is 10.2. The third-order valence-corrected chi connectivity index (χ3v) is 2.19. The first-order valence-electron chi connectivity index (χ1n) is 4.34. The van der Waals surface area contributed by atoms with Gasteiger partial charge in [-0.25, -0.2) is 0 Å². The van der Waals surface area contributed by atoms with Crippen molar-refractivity contribution in [3.05, 3.63) is 38.9 Å². The molecule has 0 fully saturated rings. The molecular formula is C9H12ClN3O2. The highest BCUT2D eigenvalue weighted by molar-refractivity contribution is 6.31. The lowest BCUT2D eigenvalue weighted by Crippen LogP contribution is -2.29. The van der Waals surface area contributed by atoms with Gasteiger partial charge in [-0.1, -0.05) is 11.6 Å². The summed E-state index contributed by atoms with van der Waals surface area (Å²) in [6, 6.07) is 4.40. The average molecular weight is 230 g/mol. The molecule has 0 atom stereocenters. The Bertz CT molecular complexity index is 368. The lowest BCUT2D eigenvalue weighted by molar-refractivity contribution is -0.384. The van der Waals surface area contributed by atoms with Crippen molar-refractivity contribution in [3.8, 4) is 0 Å². The van der Waals surface area contributed by atoms with Gasteiger partial charge in [0.25, 0.3) is 5.69 Å². The molecule has 15 heavy (non-hydrogen) atoms. The zero-order chi connectivity index (χ0) is 11.4. The van der Waals surface area contributed by atoms with Gasteiger partial charge in [-0.3, -0.25) is 20.5 Å². The van der Waals surface area contributed by atoms with Crippen molar-refractivity contribution in [1.82, 2.24) is 10.4 Å². The van der Waals surface area contributed by atoms with Gasteiger partial charge in [0, 0.05) is 37.8 Å². The van der Waals surface area contributed by atoms with Gasteiger partial charge in [0.15, 0.2) is 0 Å². The number of nitro benzene ring substituents is 1. The van der Waals surface area contributed by atoms with Crippen LogP contribution in [0.3, 0.4) is 0 Å². The zero-order valence-electron chi connectivity index (χ0n) is 8.53. The van der Waals surface area contributed by atoms with Crippen LogP contribution in [0.5, 0.6) is 0 Å². The monoisotopic (exact) mass is 229 g/mol. The van der Waals surface area contributed by atoms with Gasteiger partial charge >= 0.3 is 0 Å². The highest BCUT2D eigenvalue weighted by Crippen LogP contribution is 2.21. The Labute approximate surface area is 92.8 Å². The Kier molecular flexibility index (Phi) is 4.02. The van der Waals surface area contributed by atoms with E-state index in [9.17, 15) is 10.1 Å². The standard InChI is InChI=1S/C9H12ClN3O2/c1-12(2)11-6-7-5-8(13(14)15)3-4-9(7)10/h3-5,11H,6H2,1-2H3. The molecule has 0 aliphatic rings. The fourth-order valence-corrected chi connectivity index (χ4v) is 1.24. The maximum atomic E-state index is 10.5. The molecule has 0 saturated heterocycles. The normalized spacial score (nSPS) is 10.7. The number of nitrogens with zero attached hydrogens (tertiary/aromatic N) is 2. The number of non-ortho nitro benzene ring substituents is 1. The summed E-state index contributed by atoms with van der Waals surface area (Å²) in [5.41, 5.74) is 3.75. The summed E-state index contributed by atoms with van der Waals surface area (Å²) in [7, 11) is 3.68. The Morgan fingerprint density at radius 1 is 1.53 bits per heavy atom. The summed E-state index contributed by atoms with van der Waals surface area (Å²) in [6.07, 6.45) is 0. The second-order valence-electron chi connectivity index (χ2n) is 3.26. The molecule has 0 amide bonds. The summed E-state index contributed by atoms with van der Waals surface area (Å²) in [6.45, 7) is 0.466. The first-order chi connectivity index (χ1) is 7.00. The number of hydrazine groups is 1. The number of halogens is 1. The minimum absolute atomic E-state index is 0.0509. The van der Waals surface area contributed by atoms with Crippen molar-refractivity contribution in [2.24, 2.45) is 0 Å².